The summed E-state index contributed by atoms with van der Waals surface area (Å²) in [7, 11) is 0. The third-order valence-corrected chi connectivity index (χ3v) is 10.8. The van der Waals surface area contributed by atoms with Crippen molar-refractivity contribution >= 4 is 70.4 Å². The molecular formula is C41H32N2S. The summed E-state index contributed by atoms with van der Waals surface area (Å²) in [6.45, 7) is 0. The highest BCUT2D eigenvalue weighted by atomic mass is 32.1. The number of fused-ring (bicyclic) bond motifs is 6. The smallest absolute Gasteiger partial charge is 0.0640 e. The molecule has 2 heterocycles. The lowest BCUT2D eigenvalue weighted by molar-refractivity contribution is 0.723. The van der Waals surface area contributed by atoms with E-state index in [4.69, 9.17) is 0 Å². The maximum absolute atomic E-state index is 2.45. The van der Waals surface area contributed by atoms with Crippen LogP contribution < -0.4 is 4.90 Å². The van der Waals surface area contributed by atoms with E-state index in [9.17, 15) is 0 Å². The second-order valence-electron chi connectivity index (χ2n) is 12.0. The average molecular weight is 585 g/mol. The van der Waals surface area contributed by atoms with Gasteiger partial charge >= 0.3 is 0 Å². The predicted molar refractivity (Wildman–Crippen MR) is 190 cm³/mol. The summed E-state index contributed by atoms with van der Waals surface area (Å²) in [4.78, 5) is 2.45. The minimum Gasteiger partial charge on any atom is -0.309 e. The molecule has 0 amide bonds. The Morgan fingerprint density at radius 1 is 0.523 bits per heavy atom. The average Bonchev–Trinajstić information content (AvgIpc) is 3.83. The molecule has 0 bridgehead atoms. The number of para-hydroxylation sites is 2. The first-order valence-corrected chi connectivity index (χ1v) is 16.5. The van der Waals surface area contributed by atoms with Crippen molar-refractivity contribution < 1.29 is 0 Å². The Labute approximate surface area is 261 Å². The standard InChI is InChI=1S/C41H32N2S/c1-2-11-28(10-1)29-20-22-30(23-21-29)42(39-18-9-15-36-35-14-5-8-19-40(35)44-41(36)39)31-24-26-32(27-25-31)43-37-16-6-3-12-33(37)34-13-4-7-17-38(34)43/h3-9,12-28H,1-2,10-11H2. The van der Waals surface area contributed by atoms with Gasteiger partial charge < -0.3 is 9.47 Å². The molecule has 0 spiro atoms. The summed E-state index contributed by atoms with van der Waals surface area (Å²) in [6, 6.07) is 51.5. The van der Waals surface area contributed by atoms with E-state index in [1.165, 1.54) is 90.3 Å². The Kier molecular flexibility index (Phi) is 6.05. The van der Waals surface area contributed by atoms with Gasteiger partial charge in [-0.1, -0.05) is 91.7 Å². The minimum absolute atomic E-state index is 0.703. The number of thiophene rings is 1. The van der Waals surface area contributed by atoms with Gasteiger partial charge in [0.1, 0.15) is 0 Å². The fourth-order valence-corrected chi connectivity index (χ4v) is 8.65. The predicted octanol–water partition coefficient (Wildman–Crippen LogP) is 12.3. The van der Waals surface area contributed by atoms with Crippen LogP contribution in [0.1, 0.15) is 37.2 Å². The van der Waals surface area contributed by atoms with Gasteiger partial charge in [-0.05, 0) is 85.0 Å². The summed E-state index contributed by atoms with van der Waals surface area (Å²) >= 11 is 1.89. The van der Waals surface area contributed by atoms with Crippen molar-refractivity contribution in [1.82, 2.24) is 4.57 Å². The van der Waals surface area contributed by atoms with Gasteiger partial charge in [0.15, 0.2) is 0 Å². The zero-order valence-electron chi connectivity index (χ0n) is 24.5. The van der Waals surface area contributed by atoms with Gasteiger partial charge in [0.2, 0.25) is 0 Å². The van der Waals surface area contributed by atoms with Crippen molar-refractivity contribution in [2.75, 3.05) is 4.90 Å². The first-order chi connectivity index (χ1) is 21.8. The molecular weight excluding hydrogens is 553 g/mol. The summed E-state index contributed by atoms with van der Waals surface area (Å²) in [5, 5.41) is 5.21. The molecule has 0 N–H and O–H groups in total. The summed E-state index contributed by atoms with van der Waals surface area (Å²) in [6.07, 6.45) is 5.33. The summed E-state index contributed by atoms with van der Waals surface area (Å²) < 4.78 is 5.04. The van der Waals surface area contributed by atoms with Crippen LogP contribution in [0, 0.1) is 0 Å². The monoisotopic (exact) mass is 584 g/mol. The first kappa shape index (κ1) is 25.6. The van der Waals surface area contributed by atoms with Gasteiger partial charge in [-0.15, -0.1) is 11.3 Å². The van der Waals surface area contributed by atoms with Gasteiger partial charge in [-0.3, -0.25) is 0 Å². The van der Waals surface area contributed by atoms with Gasteiger partial charge in [-0.2, -0.15) is 0 Å². The Hall–Kier alpha value is -4.86. The fraction of sp³-hybridized carbons (Fsp3) is 0.122. The van der Waals surface area contributed by atoms with Gasteiger partial charge in [-0.25, -0.2) is 0 Å². The van der Waals surface area contributed by atoms with Crippen LogP contribution in [0.5, 0.6) is 0 Å². The lowest BCUT2D eigenvalue weighted by Gasteiger charge is -2.27. The normalized spacial score (nSPS) is 13.9. The van der Waals surface area contributed by atoms with Gasteiger partial charge in [0.25, 0.3) is 0 Å². The molecule has 0 radical (unpaired) electrons. The van der Waals surface area contributed by atoms with E-state index in [0.717, 1.165) is 5.69 Å². The van der Waals surface area contributed by atoms with Crippen molar-refractivity contribution in [3.8, 4) is 5.69 Å². The third kappa shape index (κ3) is 4.07. The number of nitrogens with zero attached hydrogens (tertiary/aromatic N) is 2. The molecule has 8 aromatic rings. The van der Waals surface area contributed by atoms with E-state index in [1.54, 1.807) is 0 Å². The largest absolute Gasteiger partial charge is 0.309 e. The Bertz CT molecular complexity index is 2230. The highest BCUT2D eigenvalue weighted by Gasteiger charge is 2.21. The number of rotatable bonds is 5. The van der Waals surface area contributed by atoms with Crippen LogP contribution in [0.4, 0.5) is 17.1 Å². The quantitative estimate of drug-likeness (QED) is 0.195. The SMILES string of the molecule is c1ccc2c(c1)sc1c(N(c3ccc(C4CCCC4)cc3)c3ccc(-n4c5ccccc5c5ccccc54)cc3)cccc12. The minimum atomic E-state index is 0.703. The van der Waals surface area contributed by atoms with E-state index in [1.807, 2.05) is 11.3 Å². The molecule has 3 heteroatoms. The highest BCUT2D eigenvalue weighted by Crippen LogP contribution is 2.45. The third-order valence-electron chi connectivity index (χ3n) is 9.55. The van der Waals surface area contributed by atoms with Crippen molar-refractivity contribution in [3.05, 3.63) is 145 Å². The van der Waals surface area contributed by atoms with E-state index >= 15 is 0 Å². The van der Waals surface area contributed by atoms with Crippen LogP contribution >= 0.6 is 11.3 Å². The van der Waals surface area contributed by atoms with Gasteiger partial charge in [0, 0.05) is 43.3 Å². The van der Waals surface area contributed by atoms with Gasteiger partial charge in [0.05, 0.1) is 21.4 Å². The molecule has 0 saturated heterocycles. The summed E-state index contributed by atoms with van der Waals surface area (Å²) in [5.74, 6) is 0.703. The first-order valence-electron chi connectivity index (χ1n) is 15.7. The van der Waals surface area contributed by atoms with Crippen LogP contribution in [0.15, 0.2) is 140 Å². The molecule has 44 heavy (non-hydrogen) atoms. The maximum Gasteiger partial charge on any atom is 0.0640 e. The second-order valence-corrected chi connectivity index (χ2v) is 13.1. The van der Waals surface area contributed by atoms with Crippen LogP contribution in [-0.2, 0) is 0 Å². The van der Waals surface area contributed by atoms with Crippen LogP contribution in [0.25, 0.3) is 47.7 Å². The lowest BCUT2D eigenvalue weighted by atomic mass is 9.97. The summed E-state index contributed by atoms with van der Waals surface area (Å²) in [5.41, 5.74) is 8.69. The van der Waals surface area contributed by atoms with Crippen LogP contribution in [-0.4, -0.2) is 4.57 Å². The van der Waals surface area contributed by atoms with Crippen molar-refractivity contribution in [2.24, 2.45) is 0 Å². The Morgan fingerprint density at radius 3 is 1.77 bits per heavy atom. The number of anilines is 3. The number of hydrogen-bond donors (Lipinski definition) is 0. The second kappa shape index (κ2) is 10.4. The van der Waals surface area contributed by atoms with Crippen molar-refractivity contribution in [1.29, 1.82) is 0 Å². The highest BCUT2D eigenvalue weighted by molar-refractivity contribution is 7.26. The number of benzene rings is 6. The van der Waals surface area contributed by atoms with E-state index in [0.29, 0.717) is 5.92 Å². The topological polar surface area (TPSA) is 8.17 Å². The number of aromatic nitrogens is 1. The zero-order chi connectivity index (χ0) is 29.0. The molecule has 0 atom stereocenters. The Morgan fingerprint density at radius 2 is 1.09 bits per heavy atom. The molecule has 1 fully saturated rings. The van der Waals surface area contributed by atoms with Crippen molar-refractivity contribution in [3.63, 3.8) is 0 Å². The lowest BCUT2D eigenvalue weighted by Crippen LogP contribution is -2.10. The van der Waals surface area contributed by atoms with E-state index in [2.05, 4.69) is 149 Å². The van der Waals surface area contributed by atoms with Crippen LogP contribution in [0.2, 0.25) is 0 Å². The molecule has 0 aliphatic heterocycles. The molecule has 0 unspecified atom stereocenters. The molecule has 1 aliphatic carbocycles. The molecule has 1 aliphatic rings. The van der Waals surface area contributed by atoms with E-state index < -0.39 is 0 Å². The zero-order valence-corrected chi connectivity index (χ0v) is 25.3. The Balaban J connectivity index is 1.21. The molecule has 2 aromatic heterocycles. The van der Waals surface area contributed by atoms with Crippen molar-refractivity contribution in [2.45, 2.75) is 31.6 Å². The van der Waals surface area contributed by atoms with Crippen LogP contribution in [0.3, 0.4) is 0 Å². The maximum atomic E-state index is 2.45. The van der Waals surface area contributed by atoms with E-state index in [-0.39, 0.29) is 0 Å². The molecule has 2 nitrogen and oxygen atoms in total. The molecule has 1 saturated carbocycles. The molecule has 9 rings (SSSR count). The number of hydrogen-bond acceptors (Lipinski definition) is 2. The fourth-order valence-electron chi connectivity index (χ4n) is 7.44. The molecule has 212 valence electrons. The molecule has 6 aromatic carbocycles.